The first-order valence-electron chi connectivity index (χ1n) is 14.3. The molecule has 0 bridgehead atoms. The fourth-order valence-corrected chi connectivity index (χ4v) is 5.26. The van der Waals surface area contributed by atoms with Crippen molar-refractivity contribution in [1.29, 1.82) is 0 Å². The molecule has 226 valence electrons. The van der Waals surface area contributed by atoms with Crippen molar-refractivity contribution in [3.8, 4) is 28.7 Å². The highest BCUT2D eigenvalue weighted by molar-refractivity contribution is 5.96. The van der Waals surface area contributed by atoms with Crippen LogP contribution < -0.4 is 24.5 Å². The Hall–Kier alpha value is -5.31. The van der Waals surface area contributed by atoms with Crippen molar-refractivity contribution < 1.29 is 23.7 Å². The molecule has 0 aliphatic heterocycles. The van der Waals surface area contributed by atoms with Crippen molar-refractivity contribution in [3.05, 3.63) is 118 Å². The quantitative estimate of drug-likeness (QED) is 0.180. The summed E-state index contributed by atoms with van der Waals surface area (Å²) in [5, 5.41) is 0.459. The number of methoxy groups -OCH3 is 3. The molecule has 44 heavy (non-hydrogen) atoms. The lowest BCUT2D eigenvalue weighted by Crippen LogP contribution is -2.37. The highest BCUT2D eigenvalue weighted by atomic mass is 16.5. The smallest absolute Gasteiger partial charge is 0.266 e. The zero-order valence-corrected chi connectivity index (χ0v) is 25.4. The third-order valence-corrected chi connectivity index (χ3v) is 7.42. The number of hydrogen-bond acceptors (Lipinski definition) is 7. The van der Waals surface area contributed by atoms with Gasteiger partial charge in [-0.25, -0.2) is 4.98 Å². The van der Waals surface area contributed by atoms with Gasteiger partial charge in [-0.3, -0.25) is 14.2 Å². The Balaban J connectivity index is 1.74. The van der Waals surface area contributed by atoms with E-state index < -0.39 is 6.04 Å². The van der Waals surface area contributed by atoms with Crippen LogP contribution in [-0.4, -0.2) is 48.3 Å². The van der Waals surface area contributed by atoms with E-state index in [0.29, 0.717) is 57.6 Å². The second kappa shape index (κ2) is 13.3. The van der Waals surface area contributed by atoms with E-state index in [1.807, 2.05) is 80.6 Å². The van der Waals surface area contributed by atoms with Crippen molar-refractivity contribution in [2.24, 2.45) is 0 Å². The van der Waals surface area contributed by atoms with E-state index in [1.165, 1.54) is 21.3 Å². The summed E-state index contributed by atoms with van der Waals surface area (Å²) in [6.07, 6.45) is 0. The Labute approximate surface area is 256 Å². The van der Waals surface area contributed by atoms with Gasteiger partial charge < -0.3 is 23.8 Å². The minimum Gasteiger partial charge on any atom is -0.493 e. The predicted octanol–water partition coefficient (Wildman–Crippen LogP) is 6.21. The summed E-state index contributed by atoms with van der Waals surface area (Å²) >= 11 is 0. The first-order valence-corrected chi connectivity index (χ1v) is 14.3. The van der Waals surface area contributed by atoms with Crippen LogP contribution in [0.5, 0.6) is 23.0 Å². The summed E-state index contributed by atoms with van der Waals surface area (Å²) in [6, 6.07) is 26.8. The molecule has 0 spiro atoms. The lowest BCUT2D eigenvalue weighted by molar-refractivity contribution is 0.0663. The van der Waals surface area contributed by atoms with Crippen LogP contribution in [0.15, 0.2) is 95.8 Å². The highest BCUT2D eigenvalue weighted by Gasteiger charge is 2.30. The summed E-state index contributed by atoms with van der Waals surface area (Å²) in [5.74, 6) is 1.70. The number of aromatic nitrogens is 2. The van der Waals surface area contributed by atoms with Gasteiger partial charge in [0.1, 0.15) is 11.6 Å². The molecule has 0 N–H and O–H groups in total. The minimum absolute atomic E-state index is 0.243. The number of carbonyl (C=O) groups is 1. The zero-order valence-electron chi connectivity index (χ0n) is 25.4. The summed E-state index contributed by atoms with van der Waals surface area (Å²) < 4.78 is 24.1. The molecule has 5 rings (SSSR count). The van der Waals surface area contributed by atoms with E-state index in [9.17, 15) is 9.59 Å². The molecule has 9 heteroatoms. The maximum Gasteiger partial charge on any atom is 0.266 e. The molecular weight excluding hydrogens is 558 g/mol. The lowest BCUT2D eigenvalue weighted by Gasteiger charge is -2.31. The molecule has 9 nitrogen and oxygen atoms in total. The molecule has 0 aliphatic rings. The second-order valence-corrected chi connectivity index (χ2v) is 10.0. The van der Waals surface area contributed by atoms with E-state index >= 15 is 0 Å². The Kier molecular flexibility index (Phi) is 9.14. The lowest BCUT2D eigenvalue weighted by atomic mass is 10.1. The maximum absolute atomic E-state index is 14.5. The van der Waals surface area contributed by atoms with E-state index in [-0.39, 0.29) is 18.0 Å². The molecule has 0 radical (unpaired) electrons. The van der Waals surface area contributed by atoms with Crippen LogP contribution in [0, 0.1) is 0 Å². The van der Waals surface area contributed by atoms with Gasteiger partial charge in [0.25, 0.3) is 11.5 Å². The van der Waals surface area contributed by atoms with Gasteiger partial charge in [-0.1, -0.05) is 54.6 Å². The molecule has 1 heterocycles. The number of ether oxygens (including phenoxy) is 4. The third kappa shape index (κ3) is 5.81. The van der Waals surface area contributed by atoms with E-state index in [0.717, 1.165) is 5.56 Å². The Bertz CT molecular complexity index is 1810. The summed E-state index contributed by atoms with van der Waals surface area (Å²) in [6.45, 7) is 4.42. The van der Waals surface area contributed by atoms with Gasteiger partial charge in [0, 0.05) is 12.1 Å². The zero-order chi connectivity index (χ0) is 31.2. The fraction of sp³-hybridized carbons (Fsp3) is 0.229. The molecule has 1 aromatic heterocycles. The first kappa shape index (κ1) is 30.2. The van der Waals surface area contributed by atoms with E-state index in [1.54, 1.807) is 33.7 Å². The standard InChI is InChI=1S/C35H35N3O6/c1-6-44-29-19-13-12-18-28(29)38-33(36-27-17-11-10-16-26(27)35(38)40)23(2)37(22-24-14-8-7-9-15-24)34(39)25-20-30(41-3)32(43-5)31(21-25)42-4/h7-21,23H,6,22H2,1-5H3. The summed E-state index contributed by atoms with van der Waals surface area (Å²) in [4.78, 5) is 35.4. The molecule has 0 saturated carbocycles. The molecule has 5 aromatic rings. The van der Waals surface area contributed by atoms with Crippen molar-refractivity contribution in [3.63, 3.8) is 0 Å². The monoisotopic (exact) mass is 593 g/mol. The second-order valence-electron chi connectivity index (χ2n) is 10.0. The number of fused-ring (bicyclic) bond motifs is 1. The predicted molar refractivity (Wildman–Crippen MR) is 169 cm³/mol. The van der Waals surface area contributed by atoms with Crippen molar-refractivity contribution in [1.82, 2.24) is 14.5 Å². The number of hydrogen-bond donors (Lipinski definition) is 0. The van der Waals surface area contributed by atoms with Crippen LogP contribution in [0.2, 0.25) is 0 Å². The number of benzene rings is 4. The molecule has 0 fully saturated rings. The van der Waals surface area contributed by atoms with Gasteiger partial charge in [0.2, 0.25) is 5.75 Å². The van der Waals surface area contributed by atoms with Crippen LogP contribution in [0.3, 0.4) is 0 Å². The van der Waals surface area contributed by atoms with Gasteiger partial charge in [0.15, 0.2) is 11.5 Å². The Morgan fingerprint density at radius 2 is 1.48 bits per heavy atom. The number of rotatable bonds is 11. The van der Waals surface area contributed by atoms with Crippen LogP contribution in [0.25, 0.3) is 16.6 Å². The number of para-hydroxylation sites is 3. The van der Waals surface area contributed by atoms with Gasteiger partial charge in [0.05, 0.1) is 50.6 Å². The molecule has 0 aliphatic carbocycles. The van der Waals surface area contributed by atoms with Gasteiger partial charge in [-0.15, -0.1) is 0 Å². The molecule has 4 aromatic carbocycles. The first-order chi connectivity index (χ1) is 21.4. The molecule has 1 atom stereocenters. The summed E-state index contributed by atoms with van der Waals surface area (Å²) in [5.41, 5.74) is 2.05. The fourth-order valence-electron chi connectivity index (χ4n) is 5.26. The molecule has 1 unspecified atom stereocenters. The van der Waals surface area contributed by atoms with Crippen LogP contribution in [-0.2, 0) is 6.54 Å². The third-order valence-electron chi connectivity index (χ3n) is 7.42. The Morgan fingerprint density at radius 1 is 0.841 bits per heavy atom. The largest absolute Gasteiger partial charge is 0.493 e. The van der Waals surface area contributed by atoms with Crippen molar-refractivity contribution in [2.45, 2.75) is 26.4 Å². The van der Waals surface area contributed by atoms with Crippen molar-refractivity contribution >= 4 is 16.8 Å². The molecule has 1 amide bonds. The van der Waals surface area contributed by atoms with Crippen LogP contribution in [0.4, 0.5) is 0 Å². The minimum atomic E-state index is -0.672. The van der Waals surface area contributed by atoms with Gasteiger partial charge in [-0.05, 0) is 55.8 Å². The Morgan fingerprint density at radius 3 is 2.14 bits per heavy atom. The van der Waals surface area contributed by atoms with Crippen LogP contribution in [0.1, 0.15) is 41.6 Å². The molecule has 0 saturated heterocycles. The maximum atomic E-state index is 14.5. The van der Waals surface area contributed by atoms with Crippen LogP contribution >= 0.6 is 0 Å². The van der Waals surface area contributed by atoms with Crippen molar-refractivity contribution in [2.75, 3.05) is 27.9 Å². The van der Waals surface area contributed by atoms with E-state index in [2.05, 4.69) is 0 Å². The summed E-state index contributed by atoms with van der Waals surface area (Å²) in [7, 11) is 4.52. The van der Waals surface area contributed by atoms with Gasteiger partial charge >= 0.3 is 0 Å². The average molecular weight is 594 g/mol. The van der Waals surface area contributed by atoms with E-state index in [4.69, 9.17) is 23.9 Å². The topological polar surface area (TPSA) is 92.1 Å². The highest BCUT2D eigenvalue weighted by Crippen LogP contribution is 2.39. The molecular formula is C35H35N3O6. The SMILES string of the molecule is CCOc1ccccc1-n1c(C(C)N(Cc2ccccc2)C(=O)c2cc(OC)c(OC)c(OC)c2)nc2ccccc2c1=O. The van der Waals surface area contributed by atoms with Gasteiger partial charge in [-0.2, -0.15) is 0 Å². The number of carbonyl (C=O) groups excluding carboxylic acids is 1. The number of nitrogens with zero attached hydrogens (tertiary/aromatic N) is 3. The number of amides is 1. The average Bonchev–Trinajstić information content (AvgIpc) is 3.06. The normalized spacial score (nSPS) is 11.6.